The van der Waals surface area contributed by atoms with Gasteiger partial charge in [-0.05, 0) is 24.3 Å². The van der Waals surface area contributed by atoms with Gasteiger partial charge in [0.2, 0.25) is 0 Å². The van der Waals surface area contributed by atoms with Crippen LogP contribution in [0.25, 0.3) is 0 Å². The lowest BCUT2D eigenvalue weighted by Gasteiger charge is -2.13. The second-order valence-electron chi connectivity index (χ2n) is 4.11. The summed E-state index contributed by atoms with van der Waals surface area (Å²) in [6, 6.07) is 5.72. The van der Waals surface area contributed by atoms with Crippen LogP contribution in [0.4, 0.5) is 22.0 Å². The average Bonchev–Trinajstić information content (AvgIpc) is 2.41. The van der Waals surface area contributed by atoms with Crippen LogP contribution in [0.2, 0.25) is 0 Å². The van der Waals surface area contributed by atoms with E-state index < -0.39 is 44.5 Å². The van der Waals surface area contributed by atoms with Crippen molar-refractivity contribution in [3.8, 4) is 11.5 Å². The molecule has 0 aliphatic carbocycles. The van der Waals surface area contributed by atoms with Gasteiger partial charge in [0.25, 0.3) is 0 Å². The molecule has 0 aliphatic heterocycles. The van der Waals surface area contributed by atoms with Gasteiger partial charge in [0.15, 0.2) is 17.4 Å². The summed E-state index contributed by atoms with van der Waals surface area (Å²) in [5.41, 5.74) is 0. The van der Waals surface area contributed by atoms with Crippen LogP contribution in [0.1, 0.15) is 0 Å². The molecule has 0 unspecified atom stereocenters. The van der Waals surface area contributed by atoms with E-state index in [4.69, 9.17) is 0 Å². The molecule has 0 aromatic heterocycles. The minimum absolute atomic E-state index is 0.445. The molecule has 0 N–H and O–H groups in total. The molecule has 10 heteroatoms. The zero-order chi connectivity index (χ0) is 17.3. The third kappa shape index (κ3) is 4.31. The normalized spacial score (nSPS) is 12.0. The van der Waals surface area contributed by atoms with Crippen LogP contribution < -0.4 is 8.92 Å². The Labute approximate surface area is 127 Å². The van der Waals surface area contributed by atoms with Gasteiger partial charge in [-0.1, -0.05) is 12.1 Å². The summed E-state index contributed by atoms with van der Waals surface area (Å²) in [4.78, 5) is -0.915. The molecule has 0 atom stereocenters. The molecule has 0 radical (unpaired) electrons. The number of benzene rings is 2. The van der Waals surface area contributed by atoms with Crippen LogP contribution in [-0.4, -0.2) is 14.8 Å². The number of ether oxygens (including phenoxy) is 1. The number of hydrogen-bond donors (Lipinski definition) is 0. The smallest absolute Gasteiger partial charge is 0.404 e. The Kier molecular flexibility index (Phi) is 4.46. The summed E-state index contributed by atoms with van der Waals surface area (Å²) in [6.45, 7) is 0. The maximum atomic E-state index is 13.0. The lowest BCUT2D eigenvalue weighted by atomic mass is 10.3. The van der Waals surface area contributed by atoms with E-state index in [-0.39, 0.29) is 0 Å². The second kappa shape index (κ2) is 6.03. The molecule has 2 aromatic rings. The van der Waals surface area contributed by atoms with Crippen molar-refractivity contribution in [2.45, 2.75) is 11.3 Å². The first-order chi connectivity index (χ1) is 10.6. The van der Waals surface area contributed by atoms with E-state index >= 15 is 0 Å². The van der Waals surface area contributed by atoms with E-state index in [1.165, 1.54) is 0 Å². The Morgan fingerprint density at radius 2 is 1.57 bits per heavy atom. The Balaban J connectivity index is 2.38. The summed E-state index contributed by atoms with van der Waals surface area (Å²) >= 11 is 0. The van der Waals surface area contributed by atoms with Gasteiger partial charge in [-0.25, -0.2) is 8.78 Å². The van der Waals surface area contributed by atoms with Crippen LogP contribution in [0.3, 0.4) is 0 Å². The Hall–Kier alpha value is -2.36. The van der Waals surface area contributed by atoms with E-state index in [0.29, 0.717) is 12.1 Å². The van der Waals surface area contributed by atoms with Crippen LogP contribution in [0, 0.1) is 11.6 Å². The molecule has 4 nitrogen and oxygen atoms in total. The summed E-state index contributed by atoms with van der Waals surface area (Å²) < 4.78 is 94.8. The average molecular weight is 354 g/mol. The fourth-order valence-electron chi connectivity index (χ4n) is 1.57. The van der Waals surface area contributed by atoms with Gasteiger partial charge in [-0.15, -0.1) is 13.2 Å². The summed E-state index contributed by atoms with van der Waals surface area (Å²) in [6.07, 6.45) is -5.12. The molecule has 0 fully saturated rings. The maximum Gasteiger partial charge on any atom is 0.573 e. The minimum Gasteiger partial charge on any atom is -0.404 e. The van der Waals surface area contributed by atoms with Crippen LogP contribution in [0.5, 0.6) is 11.5 Å². The van der Waals surface area contributed by atoms with Gasteiger partial charge in [0.1, 0.15) is 10.6 Å². The highest BCUT2D eigenvalue weighted by Gasteiger charge is 2.34. The van der Waals surface area contributed by atoms with E-state index in [0.717, 1.165) is 30.3 Å². The van der Waals surface area contributed by atoms with E-state index in [2.05, 4.69) is 8.92 Å². The molecule has 124 valence electrons. The zero-order valence-electron chi connectivity index (χ0n) is 11.0. The topological polar surface area (TPSA) is 52.6 Å². The molecule has 0 amide bonds. The van der Waals surface area contributed by atoms with Crippen LogP contribution in [-0.2, 0) is 10.1 Å². The summed E-state index contributed by atoms with van der Waals surface area (Å²) in [5, 5.41) is 0. The molecule has 0 spiro atoms. The first-order valence-corrected chi connectivity index (χ1v) is 7.24. The SMILES string of the molecule is O=S(=O)(Oc1ccc(F)c(F)c1)c1ccccc1OC(F)(F)F. The van der Waals surface area contributed by atoms with Crippen molar-refractivity contribution < 1.29 is 39.3 Å². The molecule has 2 aromatic carbocycles. The van der Waals surface area contributed by atoms with Gasteiger partial charge in [0.05, 0.1) is 0 Å². The van der Waals surface area contributed by atoms with Crippen molar-refractivity contribution in [2.24, 2.45) is 0 Å². The van der Waals surface area contributed by atoms with Crippen molar-refractivity contribution >= 4 is 10.1 Å². The van der Waals surface area contributed by atoms with Crippen molar-refractivity contribution in [1.29, 1.82) is 0 Å². The molecule has 0 heterocycles. The Bertz CT molecular complexity index is 817. The highest BCUT2D eigenvalue weighted by atomic mass is 32.2. The monoisotopic (exact) mass is 354 g/mol. The van der Waals surface area contributed by atoms with Gasteiger partial charge >= 0.3 is 16.5 Å². The number of alkyl halides is 3. The fraction of sp³-hybridized carbons (Fsp3) is 0.0769. The molecule has 0 aliphatic rings. The zero-order valence-corrected chi connectivity index (χ0v) is 11.8. The number of hydrogen-bond acceptors (Lipinski definition) is 4. The first-order valence-electron chi connectivity index (χ1n) is 5.83. The summed E-state index contributed by atoms with van der Waals surface area (Å²) in [5.74, 6) is -4.23. The van der Waals surface area contributed by atoms with E-state index in [1.54, 1.807) is 0 Å². The predicted molar refractivity (Wildman–Crippen MR) is 67.3 cm³/mol. The third-order valence-corrected chi connectivity index (χ3v) is 3.73. The van der Waals surface area contributed by atoms with Crippen molar-refractivity contribution in [2.75, 3.05) is 0 Å². The van der Waals surface area contributed by atoms with Gasteiger partial charge in [-0.2, -0.15) is 8.42 Å². The highest BCUT2D eigenvalue weighted by molar-refractivity contribution is 7.87. The van der Waals surface area contributed by atoms with Crippen molar-refractivity contribution in [3.05, 3.63) is 54.1 Å². The first kappa shape index (κ1) is 17.0. The van der Waals surface area contributed by atoms with Gasteiger partial charge in [0, 0.05) is 6.07 Å². The molecule has 0 saturated carbocycles. The lowest BCUT2D eigenvalue weighted by Crippen LogP contribution is -2.20. The summed E-state index contributed by atoms with van der Waals surface area (Å²) in [7, 11) is -4.76. The number of para-hydroxylation sites is 1. The standard InChI is InChI=1S/C13H7F5O4S/c14-9-6-5-8(7-10(9)15)22-23(19,20)12-4-2-1-3-11(12)21-13(16,17)18/h1-7H. The van der Waals surface area contributed by atoms with Gasteiger partial charge in [-0.3, -0.25) is 0 Å². The largest absolute Gasteiger partial charge is 0.573 e. The minimum atomic E-state index is -5.12. The van der Waals surface area contributed by atoms with Crippen LogP contribution in [0.15, 0.2) is 47.4 Å². The fourth-order valence-corrected chi connectivity index (χ4v) is 2.61. The van der Waals surface area contributed by atoms with Crippen molar-refractivity contribution in [3.63, 3.8) is 0 Å². The molecule has 0 bridgehead atoms. The molecule has 2 rings (SSSR count). The quantitative estimate of drug-likeness (QED) is 0.622. The third-order valence-electron chi connectivity index (χ3n) is 2.44. The highest BCUT2D eigenvalue weighted by Crippen LogP contribution is 2.31. The lowest BCUT2D eigenvalue weighted by molar-refractivity contribution is -0.275. The number of halogens is 5. The maximum absolute atomic E-state index is 13.0. The van der Waals surface area contributed by atoms with Crippen LogP contribution >= 0.6 is 0 Å². The van der Waals surface area contributed by atoms with Crippen molar-refractivity contribution in [1.82, 2.24) is 0 Å². The molecule has 23 heavy (non-hydrogen) atoms. The Morgan fingerprint density at radius 1 is 0.913 bits per heavy atom. The van der Waals surface area contributed by atoms with E-state index in [1.807, 2.05) is 0 Å². The molecular weight excluding hydrogens is 347 g/mol. The number of rotatable bonds is 4. The Morgan fingerprint density at radius 3 is 2.17 bits per heavy atom. The predicted octanol–water partition coefficient (Wildman–Crippen LogP) is 3.63. The molecular formula is C13H7F5O4S. The second-order valence-corrected chi connectivity index (χ2v) is 5.62. The molecule has 0 saturated heterocycles. The van der Waals surface area contributed by atoms with E-state index in [9.17, 15) is 30.4 Å². The van der Waals surface area contributed by atoms with Gasteiger partial charge < -0.3 is 8.92 Å².